The van der Waals surface area contributed by atoms with Crippen LogP contribution in [0.3, 0.4) is 0 Å². The number of carbonyl (C=O) groups is 1. The van der Waals surface area contributed by atoms with Gasteiger partial charge in [-0.25, -0.2) is 13.2 Å². The van der Waals surface area contributed by atoms with E-state index < -0.39 is 15.0 Å². The van der Waals surface area contributed by atoms with E-state index in [2.05, 4.69) is 0 Å². The molecule has 7 heteroatoms. The Bertz CT molecular complexity index is 639. The molecule has 1 aliphatic carbocycles. The van der Waals surface area contributed by atoms with E-state index in [1.54, 1.807) is 13.0 Å². The molecule has 0 spiro atoms. The lowest BCUT2D eigenvalue weighted by Gasteiger charge is -2.21. The fourth-order valence-corrected chi connectivity index (χ4v) is 3.69. The van der Waals surface area contributed by atoms with E-state index in [0.29, 0.717) is 30.8 Å². The Labute approximate surface area is 128 Å². The number of hydrogen-bond acceptors (Lipinski definition) is 5. The summed E-state index contributed by atoms with van der Waals surface area (Å²) in [4.78, 5) is 11.5. The van der Waals surface area contributed by atoms with Gasteiger partial charge in [0.25, 0.3) is 9.05 Å². The Balaban J connectivity index is 2.30. The maximum Gasteiger partial charge on any atom is 0.344 e. The van der Waals surface area contributed by atoms with Gasteiger partial charge in [0.15, 0.2) is 6.61 Å². The Morgan fingerprint density at radius 1 is 1.24 bits per heavy atom. The van der Waals surface area contributed by atoms with Crippen molar-refractivity contribution < 1.29 is 22.7 Å². The first-order valence-electron chi connectivity index (χ1n) is 6.81. The number of fused-ring (bicyclic) bond motifs is 1. The molecule has 116 valence electrons. The molecule has 0 saturated heterocycles. The smallest absolute Gasteiger partial charge is 0.344 e. The summed E-state index contributed by atoms with van der Waals surface area (Å²) in [6, 6.07) is 2.99. The van der Waals surface area contributed by atoms with Crippen LogP contribution in [-0.4, -0.2) is 27.6 Å². The lowest BCUT2D eigenvalue weighted by atomic mass is 9.91. The third-order valence-electron chi connectivity index (χ3n) is 3.36. The number of halogens is 1. The fraction of sp³-hybridized carbons (Fsp3) is 0.500. The highest BCUT2D eigenvalue weighted by Crippen LogP contribution is 2.35. The molecule has 0 unspecified atom stereocenters. The summed E-state index contributed by atoms with van der Waals surface area (Å²) in [5.41, 5.74) is 1.53. The summed E-state index contributed by atoms with van der Waals surface area (Å²) < 4.78 is 33.5. The minimum Gasteiger partial charge on any atom is -0.482 e. The lowest BCUT2D eigenvalue weighted by Crippen LogP contribution is -2.17. The predicted molar refractivity (Wildman–Crippen MR) is 78.3 cm³/mol. The maximum absolute atomic E-state index is 11.6. The number of rotatable bonds is 5. The minimum atomic E-state index is -3.78. The topological polar surface area (TPSA) is 69.7 Å². The van der Waals surface area contributed by atoms with Gasteiger partial charge in [-0.2, -0.15) is 0 Å². The molecule has 0 heterocycles. The van der Waals surface area contributed by atoms with Crippen molar-refractivity contribution in [3.63, 3.8) is 0 Å². The van der Waals surface area contributed by atoms with Crippen LogP contribution in [-0.2, 0) is 31.4 Å². The summed E-state index contributed by atoms with van der Waals surface area (Å²) in [6.45, 7) is 1.83. The average molecular weight is 333 g/mol. The molecule has 0 saturated carbocycles. The second-order valence-electron chi connectivity index (χ2n) is 4.76. The molecule has 0 aromatic heterocycles. The van der Waals surface area contributed by atoms with E-state index in [9.17, 15) is 13.2 Å². The molecule has 5 nitrogen and oxygen atoms in total. The SMILES string of the molecule is CCOC(=O)COc1ccc(S(=O)(=O)Cl)c2c1CCCC2. The zero-order chi connectivity index (χ0) is 15.5. The van der Waals surface area contributed by atoms with E-state index in [1.807, 2.05) is 0 Å². The summed E-state index contributed by atoms with van der Waals surface area (Å²) >= 11 is 0. The molecule has 0 aliphatic heterocycles. The first-order chi connectivity index (χ1) is 9.93. The number of benzene rings is 1. The fourth-order valence-electron chi connectivity index (χ4n) is 2.50. The molecule has 0 fully saturated rings. The second-order valence-corrected chi connectivity index (χ2v) is 7.29. The van der Waals surface area contributed by atoms with Crippen molar-refractivity contribution in [1.82, 2.24) is 0 Å². The first kappa shape index (κ1) is 16.1. The van der Waals surface area contributed by atoms with Crippen LogP contribution in [0.15, 0.2) is 17.0 Å². The van der Waals surface area contributed by atoms with E-state index in [0.717, 1.165) is 18.4 Å². The van der Waals surface area contributed by atoms with E-state index >= 15 is 0 Å². The van der Waals surface area contributed by atoms with Gasteiger partial charge in [0, 0.05) is 10.7 Å². The second kappa shape index (κ2) is 6.66. The monoisotopic (exact) mass is 332 g/mol. The highest BCUT2D eigenvalue weighted by Gasteiger charge is 2.24. The Morgan fingerprint density at radius 3 is 2.52 bits per heavy atom. The normalized spacial score (nSPS) is 14.4. The maximum atomic E-state index is 11.6. The van der Waals surface area contributed by atoms with Crippen LogP contribution in [0.4, 0.5) is 0 Å². The standard InChI is InChI=1S/C14H17ClO5S/c1-2-19-14(16)9-20-12-7-8-13(21(15,17)18)11-6-4-3-5-10(11)12/h7-8H,2-6,9H2,1H3. The van der Waals surface area contributed by atoms with Crippen molar-refractivity contribution in [3.8, 4) is 5.75 Å². The highest BCUT2D eigenvalue weighted by molar-refractivity contribution is 8.13. The first-order valence-corrected chi connectivity index (χ1v) is 9.12. The number of ether oxygens (including phenoxy) is 2. The predicted octanol–water partition coefficient (Wildman–Crippen LogP) is 2.43. The van der Waals surface area contributed by atoms with Crippen molar-refractivity contribution in [1.29, 1.82) is 0 Å². The molecule has 21 heavy (non-hydrogen) atoms. The quantitative estimate of drug-likeness (QED) is 0.612. The van der Waals surface area contributed by atoms with Crippen LogP contribution in [0.5, 0.6) is 5.75 Å². The van der Waals surface area contributed by atoms with Crippen molar-refractivity contribution in [2.75, 3.05) is 13.2 Å². The summed E-state index contributed by atoms with van der Waals surface area (Å²) in [7, 11) is 1.70. The van der Waals surface area contributed by atoms with Crippen molar-refractivity contribution in [2.45, 2.75) is 37.5 Å². The molecule has 1 aromatic rings. The van der Waals surface area contributed by atoms with Crippen molar-refractivity contribution in [3.05, 3.63) is 23.3 Å². The van der Waals surface area contributed by atoms with E-state index in [-0.39, 0.29) is 11.5 Å². The molecule has 0 amide bonds. The average Bonchev–Trinajstić information content (AvgIpc) is 2.43. The molecule has 2 rings (SSSR count). The van der Waals surface area contributed by atoms with Crippen LogP contribution in [0.2, 0.25) is 0 Å². The Kier molecular flexibility index (Phi) is 5.11. The van der Waals surface area contributed by atoms with Crippen LogP contribution in [0.1, 0.15) is 30.9 Å². The van der Waals surface area contributed by atoms with Gasteiger partial charge in [0.2, 0.25) is 0 Å². The highest BCUT2D eigenvalue weighted by atomic mass is 35.7. The number of hydrogen-bond donors (Lipinski definition) is 0. The third-order valence-corrected chi connectivity index (χ3v) is 4.77. The number of esters is 1. The van der Waals surface area contributed by atoms with Gasteiger partial charge in [-0.05, 0) is 55.9 Å². The molecule has 0 bridgehead atoms. The molecule has 0 atom stereocenters. The van der Waals surface area contributed by atoms with Crippen LogP contribution >= 0.6 is 10.7 Å². The van der Waals surface area contributed by atoms with Gasteiger partial charge in [-0.1, -0.05) is 0 Å². The zero-order valence-electron chi connectivity index (χ0n) is 11.7. The Morgan fingerprint density at radius 2 is 1.90 bits per heavy atom. The van der Waals surface area contributed by atoms with Gasteiger partial charge in [0.05, 0.1) is 11.5 Å². The summed E-state index contributed by atoms with van der Waals surface area (Å²) in [5.74, 6) is 0.0814. The molecular weight excluding hydrogens is 316 g/mol. The van der Waals surface area contributed by atoms with Gasteiger partial charge in [-0.15, -0.1) is 0 Å². The van der Waals surface area contributed by atoms with Crippen LogP contribution < -0.4 is 4.74 Å². The van der Waals surface area contributed by atoms with Crippen molar-refractivity contribution in [2.24, 2.45) is 0 Å². The van der Waals surface area contributed by atoms with Crippen LogP contribution in [0.25, 0.3) is 0 Å². The molecule has 0 N–H and O–H groups in total. The minimum absolute atomic E-state index is 0.141. The summed E-state index contributed by atoms with van der Waals surface area (Å²) in [5, 5.41) is 0. The van der Waals surface area contributed by atoms with E-state index in [1.165, 1.54) is 6.07 Å². The van der Waals surface area contributed by atoms with Gasteiger partial charge >= 0.3 is 5.97 Å². The third kappa shape index (κ3) is 3.89. The number of carbonyl (C=O) groups excluding carboxylic acids is 1. The molecule has 0 radical (unpaired) electrons. The lowest BCUT2D eigenvalue weighted by molar-refractivity contribution is -0.145. The van der Waals surface area contributed by atoms with Gasteiger partial charge < -0.3 is 9.47 Å². The molecule has 1 aliphatic rings. The largest absolute Gasteiger partial charge is 0.482 e. The molecular formula is C14H17ClO5S. The van der Waals surface area contributed by atoms with Gasteiger partial charge in [-0.3, -0.25) is 0 Å². The van der Waals surface area contributed by atoms with Crippen molar-refractivity contribution >= 4 is 25.7 Å². The van der Waals surface area contributed by atoms with Crippen LogP contribution in [0, 0.1) is 0 Å². The summed E-state index contributed by atoms with van der Waals surface area (Å²) in [6.07, 6.45) is 3.23. The Hall–Kier alpha value is -1.27. The molecule has 1 aromatic carbocycles. The zero-order valence-corrected chi connectivity index (χ0v) is 13.3. The van der Waals surface area contributed by atoms with E-state index in [4.69, 9.17) is 20.2 Å². The van der Waals surface area contributed by atoms with Gasteiger partial charge in [0.1, 0.15) is 5.75 Å².